The minimum atomic E-state index is 0.415. The molecule has 2 rings (SSSR count). The lowest BCUT2D eigenvalue weighted by Crippen LogP contribution is -2.01. The van der Waals surface area contributed by atoms with E-state index in [9.17, 15) is 0 Å². The molecular weight excluding hydrogens is 392 g/mol. The summed E-state index contributed by atoms with van der Waals surface area (Å²) in [4.78, 5) is 0. The molecule has 4 nitrogen and oxygen atoms in total. The van der Waals surface area contributed by atoms with Crippen molar-refractivity contribution in [1.82, 2.24) is 0 Å². The van der Waals surface area contributed by atoms with Crippen molar-refractivity contribution in [1.29, 1.82) is 0 Å². The van der Waals surface area contributed by atoms with Crippen LogP contribution in [0.2, 0.25) is 5.02 Å². The third-order valence-electron chi connectivity index (χ3n) is 2.96. The Morgan fingerprint density at radius 1 is 1.21 bits per heavy atom. The maximum atomic E-state index is 5.86. The van der Waals surface area contributed by atoms with Gasteiger partial charge in [0.2, 0.25) is 0 Å². The summed E-state index contributed by atoms with van der Waals surface area (Å²) in [5.74, 6) is 1.32. The van der Waals surface area contributed by atoms with E-state index < -0.39 is 0 Å². The zero-order valence-electron chi connectivity index (χ0n) is 13.3. The van der Waals surface area contributed by atoms with Crippen molar-refractivity contribution in [3.63, 3.8) is 0 Å². The van der Waals surface area contributed by atoms with Gasteiger partial charge in [-0.25, -0.2) is 0 Å². The summed E-state index contributed by atoms with van der Waals surface area (Å²) in [6.45, 7) is 6.54. The Balaban J connectivity index is 2.16. The van der Waals surface area contributed by atoms with E-state index in [1.165, 1.54) is 0 Å². The number of halogens is 2. The van der Waals surface area contributed by atoms with E-state index in [0.717, 1.165) is 15.7 Å². The van der Waals surface area contributed by atoms with E-state index >= 15 is 0 Å². The Hall–Kier alpha value is -1.98. The van der Waals surface area contributed by atoms with Gasteiger partial charge in [0.15, 0.2) is 11.5 Å². The third kappa shape index (κ3) is 5.28. The van der Waals surface area contributed by atoms with Gasteiger partial charge in [-0.3, -0.25) is 5.43 Å². The Morgan fingerprint density at radius 2 is 1.92 bits per heavy atom. The standard InChI is InChI=1S/C18H18BrClN2O2/c1-3-9-24-18-11-16(19)13(10-17(18)23-4-2)12-21-22-15-7-5-14(20)6-8-15/h3,5-8,10-12,22H,1,4,9H2,2H3. The van der Waals surface area contributed by atoms with Crippen LogP contribution in [0.15, 0.2) is 58.6 Å². The molecule has 24 heavy (non-hydrogen) atoms. The Labute approximate surface area is 155 Å². The van der Waals surface area contributed by atoms with Crippen LogP contribution >= 0.6 is 27.5 Å². The lowest BCUT2D eigenvalue weighted by atomic mass is 10.2. The zero-order valence-corrected chi connectivity index (χ0v) is 15.6. The van der Waals surface area contributed by atoms with Crippen molar-refractivity contribution >= 4 is 39.4 Å². The molecule has 0 amide bonds. The van der Waals surface area contributed by atoms with Crippen LogP contribution in [0.1, 0.15) is 12.5 Å². The molecule has 0 spiro atoms. The average molecular weight is 410 g/mol. The van der Waals surface area contributed by atoms with Gasteiger partial charge in [0.25, 0.3) is 0 Å². The van der Waals surface area contributed by atoms with Crippen LogP contribution in [-0.4, -0.2) is 19.4 Å². The fourth-order valence-electron chi connectivity index (χ4n) is 1.88. The van der Waals surface area contributed by atoms with Crippen molar-refractivity contribution in [3.8, 4) is 11.5 Å². The van der Waals surface area contributed by atoms with Crippen LogP contribution in [0.3, 0.4) is 0 Å². The summed E-state index contributed by atoms with van der Waals surface area (Å²) in [5.41, 5.74) is 4.67. The van der Waals surface area contributed by atoms with Crippen molar-refractivity contribution in [2.45, 2.75) is 6.92 Å². The normalized spacial score (nSPS) is 10.6. The highest BCUT2D eigenvalue weighted by Gasteiger charge is 2.09. The van der Waals surface area contributed by atoms with Crippen molar-refractivity contribution in [2.75, 3.05) is 18.6 Å². The lowest BCUT2D eigenvalue weighted by Gasteiger charge is -2.12. The number of ether oxygens (including phenoxy) is 2. The molecular formula is C18H18BrClN2O2. The van der Waals surface area contributed by atoms with Gasteiger partial charge in [-0.2, -0.15) is 5.10 Å². The second-order valence-corrected chi connectivity index (χ2v) is 6.02. The van der Waals surface area contributed by atoms with E-state index in [1.807, 2.05) is 31.2 Å². The zero-order chi connectivity index (χ0) is 17.4. The monoisotopic (exact) mass is 408 g/mol. The van der Waals surface area contributed by atoms with Gasteiger partial charge in [0.1, 0.15) is 6.61 Å². The highest BCUT2D eigenvalue weighted by atomic mass is 79.9. The summed E-state index contributed by atoms with van der Waals surface area (Å²) in [6, 6.07) is 11.0. The summed E-state index contributed by atoms with van der Waals surface area (Å²) in [6.07, 6.45) is 3.40. The highest BCUT2D eigenvalue weighted by molar-refractivity contribution is 9.10. The fourth-order valence-corrected chi connectivity index (χ4v) is 2.43. The second kappa shape index (κ2) is 9.35. The van der Waals surface area contributed by atoms with Crippen LogP contribution < -0.4 is 14.9 Å². The number of nitrogens with zero attached hydrogens (tertiary/aromatic N) is 1. The molecule has 0 bridgehead atoms. The second-order valence-electron chi connectivity index (χ2n) is 4.73. The molecule has 0 radical (unpaired) electrons. The minimum Gasteiger partial charge on any atom is -0.490 e. The number of benzene rings is 2. The Morgan fingerprint density at radius 3 is 2.58 bits per heavy atom. The van der Waals surface area contributed by atoms with Crippen molar-refractivity contribution < 1.29 is 9.47 Å². The predicted molar refractivity (Wildman–Crippen MR) is 104 cm³/mol. The quantitative estimate of drug-likeness (QED) is 0.355. The minimum absolute atomic E-state index is 0.415. The molecule has 0 aliphatic carbocycles. The molecule has 2 aromatic rings. The SMILES string of the molecule is C=CCOc1cc(Br)c(C=NNc2ccc(Cl)cc2)cc1OCC. The molecule has 126 valence electrons. The van der Waals surface area contributed by atoms with E-state index in [2.05, 4.69) is 33.0 Å². The van der Waals surface area contributed by atoms with Gasteiger partial charge in [0, 0.05) is 15.1 Å². The molecule has 1 N–H and O–H groups in total. The number of hydrogen-bond acceptors (Lipinski definition) is 4. The summed E-state index contributed by atoms with van der Waals surface area (Å²) < 4.78 is 12.1. The van der Waals surface area contributed by atoms with Crippen molar-refractivity contribution in [3.05, 3.63) is 64.1 Å². The first-order valence-corrected chi connectivity index (χ1v) is 8.55. The van der Waals surface area contributed by atoms with Gasteiger partial charge in [-0.05, 0) is 59.3 Å². The topological polar surface area (TPSA) is 42.8 Å². The van der Waals surface area contributed by atoms with Crippen molar-refractivity contribution in [2.24, 2.45) is 5.10 Å². The number of hydrazone groups is 1. The van der Waals surface area contributed by atoms with Gasteiger partial charge >= 0.3 is 0 Å². The first-order chi connectivity index (χ1) is 11.6. The average Bonchev–Trinajstić information content (AvgIpc) is 2.58. The lowest BCUT2D eigenvalue weighted by molar-refractivity contribution is 0.296. The molecule has 0 unspecified atom stereocenters. The predicted octanol–water partition coefficient (Wildman–Crippen LogP) is 5.51. The summed E-state index contributed by atoms with van der Waals surface area (Å²) in [5, 5.41) is 4.92. The van der Waals surface area contributed by atoms with Gasteiger partial charge < -0.3 is 9.47 Å². The smallest absolute Gasteiger partial charge is 0.162 e. The van der Waals surface area contributed by atoms with Crippen LogP contribution in [0, 0.1) is 0 Å². The number of rotatable bonds is 8. The molecule has 0 aliphatic rings. The number of hydrogen-bond donors (Lipinski definition) is 1. The molecule has 0 aromatic heterocycles. The highest BCUT2D eigenvalue weighted by Crippen LogP contribution is 2.33. The molecule has 0 fully saturated rings. The van der Waals surface area contributed by atoms with E-state index in [1.54, 1.807) is 24.4 Å². The molecule has 2 aromatic carbocycles. The van der Waals surface area contributed by atoms with Crippen LogP contribution in [0.25, 0.3) is 0 Å². The van der Waals surface area contributed by atoms with Crippen LogP contribution in [-0.2, 0) is 0 Å². The molecule has 0 atom stereocenters. The third-order valence-corrected chi connectivity index (χ3v) is 3.90. The van der Waals surface area contributed by atoms with Gasteiger partial charge in [-0.1, -0.05) is 24.3 Å². The Bertz CT molecular complexity index is 718. The first-order valence-electron chi connectivity index (χ1n) is 7.38. The molecule has 0 aliphatic heterocycles. The van der Waals surface area contributed by atoms with Crippen LogP contribution in [0.4, 0.5) is 5.69 Å². The number of anilines is 1. The first kappa shape index (κ1) is 18.4. The van der Waals surface area contributed by atoms with E-state index in [4.69, 9.17) is 21.1 Å². The van der Waals surface area contributed by atoms with E-state index in [0.29, 0.717) is 29.7 Å². The van der Waals surface area contributed by atoms with Gasteiger partial charge in [-0.15, -0.1) is 0 Å². The summed E-state index contributed by atoms with van der Waals surface area (Å²) >= 11 is 9.38. The fraction of sp³-hybridized carbons (Fsp3) is 0.167. The molecule has 0 saturated heterocycles. The molecule has 0 heterocycles. The maximum absolute atomic E-state index is 5.86. The largest absolute Gasteiger partial charge is 0.490 e. The van der Waals surface area contributed by atoms with E-state index in [-0.39, 0.29) is 0 Å². The number of nitrogens with one attached hydrogen (secondary N) is 1. The summed E-state index contributed by atoms with van der Waals surface area (Å²) in [7, 11) is 0. The maximum Gasteiger partial charge on any atom is 0.162 e. The molecule has 6 heteroatoms. The van der Waals surface area contributed by atoms with Gasteiger partial charge in [0.05, 0.1) is 18.5 Å². The Kier molecular flexibility index (Phi) is 7.15. The van der Waals surface area contributed by atoms with Crippen LogP contribution in [0.5, 0.6) is 11.5 Å². The molecule has 0 saturated carbocycles.